The van der Waals surface area contributed by atoms with Crippen molar-refractivity contribution in [2.75, 3.05) is 25.8 Å². The smallest absolute Gasteiger partial charge is 0.319 e. The molecule has 0 radical (unpaired) electrons. The van der Waals surface area contributed by atoms with Crippen LogP contribution in [0.25, 0.3) is 0 Å². The monoisotopic (exact) mass is 196 g/mol. The van der Waals surface area contributed by atoms with Crippen LogP contribution in [0.1, 0.15) is 0 Å². The zero-order valence-corrected chi connectivity index (χ0v) is 8.29. The first-order chi connectivity index (χ1) is 6.61. The average Bonchev–Trinajstić information content (AvgIpc) is 2.17. The lowest BCUT2D eigenvalue weighted by Gasteiger charge is -2.21. The third-order valence-corrected chi connectivity index (χ3v) is 1.89. The first-order valence-electron chi connectivity index (χ1n) is 4.24. The predicted octanol–water partition coefficient (Wildman–Crippen LogP) is -0.527. The minimum absolute atomic E-state index is 0.0294. The van der Waals surface area contributed by atoms with Crippen molar-refractivity contribution in [2.24, 2.45) is 0 Å². The Labute approximate surface area is 82.7 Å². The van der Waals surface area contributed by atoms with Gasteiger partial charge in [0.05, 0.1) is 7.05 Å². The van der Waals surface area contributed by atoms with Crippen LogP contribution < -0.4 is 9.79 Å². The van der Waals surface area contributed by atoms with Crippen LogP contribution in [0.4, 0.5) is 0 Å². The molecule has 14 heavy (non-hydrogen) atoms. The molecule has 5 nitrogen and oxygen atoms in total. The molecule has 0 spiro atoms. The number of carbonyl (C=O) groups is 1. The molecular weight excluding hydrogens is 182 g/mol. The third-order valence-electron chi connectivity index (χ3n) is 1.89. The molecule has 0 atom stereocenters. The molecular formula is C9H14N3O2+. The molecule has 0 aromatic carbocycles. The summed E-state index contributed by atoms with van der Waals surface area (Å²) in [5, 5.41) is 11.9. The van der Waals surface area contributed by atoms with E-state index in [0.717, 1.165) is 0 Å². The van der Waals surface area contributed by atoms with Gasteiger partial charge in [0.25, 0.3) is 0 Å². The number of hydrogen-bond donors (Lipinski definition) is 1. The Kier molecular flexibility index (Phi) is 3.41. The second-order valence-electron chi connectivity index (χ2n) is 2.95. The number of nitrogens with zero attached hydrogens (tertiary/aromatic N) is 3. The van der Waals surface area contributed by atoms with Crippen molar-refractivity contribution in [3.8, 4) is 0 Å². The lowest BCUT2D eigenvalue weighted by molar-refractivity contribution is -0.709. The SMILES string of the molecule is CN(CC(=O)O)N(C)[n+]1ccccc1. The van der Waals surface area contributed by atoms with E-state index >= 15 is 0 Å². The number of pyridine rings is 1. The summed E-state index contributed by atoms with van der Waals surface area (Å²) in [6, 6.07) is 5.66. The zero-order chi connectivity index (χ0) is 10.6. The second kappa shape index (κ2) is 4.57. The van der Waals surface area contributed by atoms with Crippen LogP contribution >= 0.6 is 0 Å². The van der Waals surface area contributed by atoms with Crippen molar-refractivity contribution < 1.29 is 14.6 Å². The van der Waals surface area contributed by atoms with E-state index in [2.05, 4.69) is 0 Å². The zero-order valence-electron chi connectivity index (χ0n) is 8.29. The number of carboxylic acids is 1. The maximum Gasteiger partial charge on any atom is 0.319 e. The number of hydrazine groups is 1. The van der Waals surface area contributed by atoms with Crippen molar-refractivity contribution in [1.29, 1.82) is 0 Å². The van der Waals surface area contributed by atoms with Gasteiger partial charge in [-0.15, -0.1) is 5.12 Å². The van der Waals surface area contributed by atoms with Crippen molar-refractivity contribution in [3.63, 3.8) is 0 Å². The molecule has 1 aromatic rings. The van der Waals surface area contributed by atoms with Gasteiger partial charge in [-0.25, -0.2) is 0 Å². The standard InChI is InChI=1S/C9H13N3O2/c1-10(8-9(13)14)11(2)12-6-4-3-5-7-12/h3-7H,8H2,1-2H3/p+1. The number of likely N-dealkylation sites (N-methyl/N-ethyl adjacent to an activating group) is 1. The van der Waals surface area contributed by atoms with E-state index < -0.39 is 5.97 Å². The van der Waals surface area contributed by atoms with Gasteiger partial charge < -0.3 is 5.11 Å². The molecule has 0 aliphatic rings. The number of aliphatic carboxylic acids is 1. The largest absolute Gasteiger partial charge is 0.480 e. The molecule has 0 amide bonds. The fourth-order valence-corrected chi connectivity index (χ4v) is 1.06. The number of hydrogen-bond acceptors (Lipinski definition) is 3. The molecule has 0 saturated carbocycles. The summed E-state index contributed by atoms with van der Waals surface area (Å²) in [5.74, 6) is -0.851. The van der Waals surface area contributed by atoms with E-state index in [1.165, 1.54) is 0 Å². The predicted molar refractivity (Wildman–Crippen MR) is 51.0 cm³/mol. The summed E-state index contributed by atoms with van der Waals surface area (Å²) in [4.78, 5) is 10.5. The molecule has 0 bridgehead atoms. The van der Waals surface area contributed by atoms with Gasteiger partial charge in [-0.1, -0.05) is 10.7 Å². The van der Waals surface area contributed by atoms with Crippen LogP contribution in [0.15, 0.2) is 30.6 Å². The first-order valence-corrected chi connectivity index (χ1v) is 4.24. The first kappa shape index (κ1) is 10.5. The Balaban J connectivity index is 2.65. The normalized spacial score (nSPS) is 10.2. The van der Waals surface area contributed by atoms with Crippen molar-refractivity contribution in [3.05, 3.63) is 30.6 Å². The van der Waals surface area contributed by atoms with Gasteiger partial charge >= 0.3 is 5.97 Å². The second-order valence-corrected chi connectivity index (χ2v) is 2.95. The number of rotatable bonds is 4. The van der Waals surface area contributed by atoms with Crippen molar-refractivity contribution in [1.82, 2.24) is 5.01 Å². The Morgan fingerprint density at radius 3 is 2.36 bits per heavy atom. The minimum Gasteiger partial charge on any atom is -0.480 e. The summed E-state index contributed by atoms with van der Waals surface area (Å²) >= 11 is 0. The van der Waals surface area contributed by atoms with Gasteiger partial charge in [0.2, 0.25) is 12.4 Å². The summed E-state index contributed by atoms with van der Waals surface area (Å²) in [5.41, 5.74) is 0. The van der Waals surface area contributed by atoms with E-state index in [4.69, 9.17) is 5.11 Å². The molecule has 1 rings (SSSR count). The summed E-state index contributed by atoms with van der Waals surface area (Å²) in [7, 11) is 3.51. The Morgan fingerprint density at radius 2 is 1.86 bits per heavy atom. The van der Waals surface area contributed by atoms with E-state index in [0.29, 0.717) is 0 Å². The van der Waals surface area contributed by atoms with Crippen LogP contribution in [0.5, 0.6) is 0 Å². The van der Waals surface area contributed by atoms with Crippen LogP contribution in [0, 0.1) is 0 Å². The summed E-state index contributed by atoms with van der Waals surface area (Å²) in [6.07, 6.45) is 3.69. The highest BCUT2D eigenvalue weighted by Gasteiger charge is 2.14. The lowest BCUT2D eigenvalue weighted by atomic mass is 10.5. The topological polar surface area (TPSA) is 47.7 Å². The van der Waals surface area contributed by atoms with E-state index in [-0.39, 0.29) is 6.54 Å². The highest BCUT2D eigenvalue weighted by Crippen LogP contribution is 1.84. The van der Waals surface area contributed by atoms with E-state index in [9.17, 15) is 4.79 Å². The van der Waals surface area contributed by atoms with Crippen LogP contribution in [-0.4, -0.2) is 36.7 Å². The molecule has 0 unspecified atom stereocenters. The molecule has 0 aliphatic heterocycles. The molecule has 1 aromatic heterocycles. The summed E-state index contributed by atoms with van der Waals surface area (Å²) in [6.45, 7) is -0.0294. The highest BCUT2D eigenvalue weighted by atomic mass is 16.4. The highest BCUT2D eigenvalue weighted by molar-refractivity contribution is 5.69. The number of aromatic nitrogens is 1. The molecule has 5 heteroatoms. The average molecular weight is 196 g/mol. The molecule has 0 saturated heterocycles. The molecule has 1 N–H and O–H groups in total. The van der Waals surface area contributed by atoms with Crippen LogP contribution in [-0.2, 0) is 4.79 Å². The Hall–Kier alpha value is -1.62. The fourth-order valence-electron chi connectivity index (χ4n) is 1.06. The number of carboxylic acid groups (broad SMARTS) is 1. The van der Waals surface area contributed by atoms with Crippen molar-refractivity contribution >= 4 is 5.97 Å². The maximum atomic E-state index is 10.5. The molecule has 76 valence electrons. The Morgan fingerprint density at radius 1 is 1.29 bits per heavy atom. The van der Waals surface area contributed by atoms with Crippen LogP contribution in [0.2, 0.25) is 0 Å². The van der Waals surface area contributed by atoms with Crippen molar-refractivity contribution in [2.45, 2.75) is 0 Å². The Bertz CT molecular complexity index is 302. The molecule has 0 aliphatic carbocycles. The van der Waals surface area contributed by atoms with Gasteiger partial charge in [-0.3, -0.25) is 4.79 Å². The van der Waals surface area contributed by atoms with Gasteiger partial charge in [-0.05, 0) is 0 Å². The van der Waals surface area contributed by atoms with E-state index in [1.54, 1.807) is 28.9 Å². The third kappa shape index (κ3) is 2.70. The van der Waals surface area contributed by atoms with E-state index in [1.807, 2.05) is 30.6 Å². The van der Waals surface area contributed by atoms with Gasteiger partial charge in [0, 0.05) is 19.2 Å². The van der Waals surface area contributed by atoms with Crippen LogP contribution in [0.3, 0.4) is 0 Å². The molecule has 0 fully saturated rings. The fraction of sp³-hybridized carbons (Fsp3) is 0.333. The van der Waals surface area contributed by atoms with Gasteiger partial charge in [0.1, 0.15) is 6.54 Å². The van der Waals surface area contributed by atoms with Gasteiger partial charge in [-0.2, -0.15) is 5.01 Å². The minimum atomic E-state index is -0.851. The maximum absolute atomic E-state index is 10.5. The molecule has 1 heterocycles. The quantitative estimate of drug-likeness (QED) is 0.519. The lowest BCUT2D eigenvalue weighted by Crippen LogP contribution is -2.63. The summed E-state index contributed by atoms with van der Waals surface area (Å²) < 4.78 is 1.79. The van der Waals surface area contributed by atoms with Gasteiger partial charge in [0.15, 0.2) is 0 Å².